The van der Waals surface area contributed by atoms with Gasteiger partial charge in [0.2, 0.25) is 0 Å². The van der Waals surface area contributed by atoms with Gasteiger partial charge in [-0.15, -0.1) is 13.0 Å². The van der Waals surface area contributed by atoms with Gasteiger partial charge in [-0.2, -0.15) is 0 Å². The van der Waals surface area contributed by atoms with E-state index in [1.54, 1.807) is 6.08 Å². The molecular weight excluding hydrogens is 196 g/mol. The third kappa shape index (κ3) is 5.53. The molecule has 4 heteroatoms. The predicted molar refractivity (Wildman–Crippen MR) is 54.8 cm³/mol. The molecule has 0 amide bonds. The van der Waals surface area contributed by atoms with E-state index in [1.165, 1.54) is 13.8 Å². The zero-order valence-electron chi connectivity index (χ0n) is 8.86. The molecule has 0 N–H and O–H groups in total. The van der Waals surface area contributed by atoms with Crippen molar-refractivity contribution in [2.75, 3.05) is 0 Å². The molecule has 0 aliphatic heterocycles. The lowest BCUT2D eigenvalue weighted by atomic mass is 10.1. The maximum absolute atomic E-state index is 10.8. The van der Waals surface area contributed by atoms with E-state index in [2.05, 4.69) is 12.5 Å². The molecule has 0 aliphatic carbocycles. The van der Waals surface area contributed by atoms with Crippen LogP contribution in [0.1, 0.15) is 20.3 Å². The minimum absolute atomic E-state index is 0.335. The highest BCUT2D eigenvalue weighted by atomic mass is 16.6. The smallest absolute Gasteiger partial charge is 0.304 e. The summed E-state index contributed by atoms with van der Waals surface area (Å²) in [5.74, 6) is 1.26. The third-order valence-electron chi connectivity index (χ3n) is 1.51. The first-order valence-electron chi connectivity index (χ1n) is 4.42. The van der Waals surface area contributed by atoms with Gasteiger partial charge < -0.3 is 9.47 Å². The summed E-state index contributed by atoms with van der Waals surface area (Å²) in [6.07, 6.45) is 5.51. The number of hydrogen-bond acceptors (Lipinski definition) is 4. The Balaban J connectivity index is 4.54. The van der Waals surface area contributed by atoms with Crippen molar-refractivity contribution in [3.05, 3.63) is 12.7 Å². The molecule has 2 atom stereocenters. The first kappa shape index (κ1) is 13.2. The van der Waals surface area contributed by atoms with Crippen molar-refractivity contribution in [2.45, 2.75) is 32.5 Å². The number of hydrogen-bond donors (Lipinski definition) is 0. The zero-order valence-corrected chi connectivity index (χ0v) is 8.86. The summed E-state index contributed by atoms with van der Waals surface area (Å²) >= 11 is 0. The van der Waals surface area contributed by atoms with Crippen LogP contribution in [0.5, 0.6) is 0 Å². The van der Waals surface area contributed by atoms with Gasteiger partial charge in [0.15, 0.2) is 12.2 Å². The first-order chi connectivity index (χ1) is 7.01. The lowest BCUT2D eigenvalue weighted by molar-refractivity contribution is -0.160. The van der Waals surface area contributed by atoms with Crippen LogP contribution in [0.15, 0.2) is 12.7 Å². The van der Waals surface area contributed by atoms with Crippen LogP contribution in [-0.2, 0) is 19.1 Å². The number of rotatable bonds is 5. The van der Waals surface area contributed by atoms with E-state index in [9.17, 15) is 9.59 Å². The van der Waals surface area contributed by atoms with Crippen LogP contribution in [0.4, 0.5) is 0 Å². The van der Waals surface area contributed by atoms with Gasteiger partial charge in [-0.25, -0.2) is 0 Å². The maximum atomic E-state index is 10.8. The van der Waals surface area contributed by atoms with Gasteiger partial charge in [0.05, 0.1) is 0 Å². The summed E-state index contributed by atoms with van der Waals surface area (Å²) in [4.78, 5) is 21.5. The number of carbonyl (C=O) groups is 2. The quantitative estimate of drug-likeness (QED) is 0.387. The molecule has 0 aromatic rings. The number of ether oxygens (including phenoxy) is 2. The lowest BCUT2D eigenvalue weighted by Gasteiger charge is -2.21. The van der Waals surface area contributed by atoms with E-state index < -0.39 is 24.1 Å². The molecule has 0 saturated heterocycles. The highest BCUT2D eigenvalue weighted by Crippen LogP contribution is 2.09. The summed E-state index contributed by atoms with van der Waals surface area (Å²) in [5.41, 5.74) is 0. The molecule has 0 rings (SSSR count). The number of carbonyl (C=O) groups excluding carboxylic acids is 2. The number of terminal acetylenes is 1. The Hall–Kier alpha value is -1.76. The second-order valence-electron chi connectivity index (χ2n) is 2.87. The summed E-state index contributed by atoms with van der Waals surface area (Å²) in [5, 5.41) is 0. The zero-order chi connectivity index (χ0) is 11.8. The average molecular weight is 210 g/mol. The Kier molecular flexibility index (Phi) is 5.88. The molecule has 0 spiro atoms. The fourth-order valence-corrected chi connectivity index (χ4v) is 1.01. The SMILES string of the molecule is C#C[C@H](OC(C)=O)[C@H](CC=C)OC(C)=O. The molecule has 0 saturated carbocycles. The second kappa shape index (κ2) is 6.66. The van der Waals surface area contributed by atoms with Crippen LogP contribution in [0.3, 0.4) is 0 Å². The maximum Gasteiger partial charge on any atom is 0.304 e. The van der Waals surface area contributed by atoms with E-state index in [0.29, 0.717) is 6.42 Å². The summed E-state index contributed by atoms with van der Waals surface area (Å²) < 4.78 is 9.73. The van der Waals surface area contributed by atoms with Crippen molar-refractivity contribution < 1.29 is 19.1 Å². The van der Waals surface area contributed by atoms with Crippen molar-refractivity contribution in [3.63, 3.8) is 0 Å². The minimum Gasteiger partial charge on any atom is -0.457 e. The Bertz CT molecular complexity index is 287. The predicted octanol–water partition coefficient (Wildman–Crippen LogP) is 1.06. The van der Waals surface area contributed by atoms with Gasteiger partial charge in [0.25, 0.3) is 0 Å². The molecule has 4 nitrogen and oxygen atoms in total. The Morgan fingerprint density at radius 2 is 1.93 bits per heavy atom. The summed E-state index contributed by atoms with van der Waals surface area (Å²) in [6.45, 7) is 6.00. The van der Waals surface area contributed by atoms with E-state index >= 15 is 0 Å². The van der Waals surface area contributed by atoms with Gasteiger partial charge in [-0.1, -0.05) is 12.0 Å². The molecule has 0 radical (unpaired) electrons. The molecule has 0 aromatic carbocycles. The van der Waals surface area contributed by atoms with Crippen molar-refractivity contribution in [1.82, 2.24) is 0 Å². The lowest BCUT2D eigenvalue weighted by Crippen LogP contribution is -2.32. The fraction of sp³-hybridized carbons (Fsp3) is 0.455. The number of esters is 2. The molecule has 0 aliphatic rings. The van der Waals surface area contributed by atoms with Crippen LogP contribution >= 0.6 is 0 Å². The molecule has 0 fully saturated rings. The van der Waals surface area contributed by atoms with Gasteiger partial charge in [0, 0.05) is 20.3 Å². The molecule has 0 aromatic heterocycles. The molecule has 0 unspecified atom stereocenters. The Morgan fingerprint density at radius 3 is 2.27 bits per heavy atom. The van der Waals surface area contributed by atoms with E-state index in [-0.39, 0.29) is 0 Å². The van der Waals surface area contributed by atoms with Crippen molar-refractivity contribution in [3.8, 4) is 12.3 Å². The van der Waals surface area contributed by atoms with Gasteiger partial charge >= 0.3 is 11.9 Å². The van der Waals surface area contributed by atoms with Crippen LogP contribution < -0.4 is 0 Å². The van der Waals surface area contributed by atoms with Crippen LogP contribution in [0, 0.1) is 12.3 Å². The van der Waals surface area contributed by atoms with Crippen molar-refractivity contribution in [2.24, 2.45) is 0 Å². The highest BCUT2D eigenvalue weighted by molar-refractivity contribution is 5.67. The van der Waals surface area contributed by atoms with E-state index in [0.717, 1.165) is 0 Å². The summed E-state index contributed by atoms with van der Waals surface area (Å²) in [7, 11) is 0. The first-order valence-corrected chi connectivity index (χ1v) is 4.42. The molecule has 15 heavy (non-hydrogen) atoms. The van der Waals surface area contributed by atoms with E-state index in [4.69, 9.17) is 15.9 Å². The standard InChI is InChI=1S/C11H14O4/c1-5-7-11(15-9(4)13)10(6-2)14-8(3)12/h2,5,10-11H,1,7H2,3-4H3/t10-,11-/m0/s1. The highest BCUT2D eigenvalue weighted by Gasteiger charge is 2.23. The Morgan fingerprint density at radius 1 is 1.40 bits per heavy atom. The van der Waals surface area contributed by atoms with Crippen molar-refractivity contribution in [1.29, 1.82) is 0 Å². The van der Waals surface area contributed by atoms with Crippen LogP contribution in [0.25, 0.3) is 0 Å². The summed E-state index contributed by atoms with van der Waals surface area (Å²) in [6, 6.07) is 0. The third-order valence-corrected chi connectivity index (χ3v) is 1.51. The molecule has 82 valence electrons. The van der Waals surface area contributed by atoms with Gasteiger partial charge in [0.1, 0.15) is 0 Å². The van der Waals surface area contributed by atoms with E-state index in [1.807, 2.05) is 0 Å². The largest absolute Gasteiger partial charge is 0.457 e. The topological polar surface area (TPSA) is 52.6 Å². The molecule has 0 bridgehead atoms. The van der Waals surface area contributed by atoms with Crippen LogP contribution in [-0.4, -0.2) is 24.1 Å². The Labute approximate surface area is 89.2 Å². The molecule has 0 heterocycles. The normalized spacial score (nSPS) is 13.1. The molecular formula is C11H14O4. The second-order valence-corrected chi connectivity index (χ2v) is 2.87. The van der Waals surface area contributed by atoms with Gasteiger partial charge in [-0.3, -0.25) is 9.59 Å². The minimum atomic E-state index is -0.871. The van der Waals surface area contributed by atoms with Crippen LogP contribution in [0.2, 0.25) is 0 Å². The monoisotopic (exact) mass is 210 g/mol. The van der Waals surface area contributed by atoms with Gasteiger partial charge in [-0.05, 0) is 0 Å². The van der Waals surface area contributed by atoms with Crippen molar-refractivity contribution >= 4 is 11.9 Å². The average Bonchev–Trinajstić information content (AvgIpc) is 2.12. The fourth-order valence-electron chi connectivity index (χ4n) is 1.01.